The summed E-state index contributed by atoms with van der Waals surface area (Å²) in [6.07, 6.45) is 0.718. The molecule has 2 N–H and O–H groups in total. The molecule has 0 bridgehead atoms. The molecule has 0 spiro atoms. The van der Waals surface area contributed by atoms with E-state index in [0.717, 1.165) is 17.9 Å². The molecule has 1 rings (SSSR count). The monoisotopic (exact) mass is 188 g/mol. The molecule has 1 unspecified atom stereocenters. The van der Waals surface area contributed by atoms with E-state index in [1.807, 2.05) is 0 Å². The van der Waals surface area contributed by atoms with Gasteiger partial charge in [-0.05, 0) is 17.9 Å². The molecule has 68 valence electrons. The van der Waals surface area contributed by atoms with E-state index in [-0.39, 0.29) is 18.0 Å². The molecule has 4 nitrogen and oxygen atoms in total. The Morgan fingerprint density at radius 2 is 2.25 bits per heavy atom. The lowest BCUT2D eigenvalue weighted by Gasteiger charge is -2.04. The van der Waals surface area contributed by atoms with Gasteiger partial charge in [0.1, 0.15) is 6.04 Å². The van der Waals surface area contributed by atoms with Gasteiger partial charge in [-0.2, -0.15) is 11.8 Å². The van der Waals surface area contributed by atoms with Crippen molar-refractivity contribution in [3.05, 3.63) is 0 Å². The third kappa shape index (κ3) is 2.41. The SMILES string of the molecule is CCSCCC1NC(=O)NC1=O. The zero-order valence-corrected chi connectivity index (χ0v) is 7.74. The number of hydrogen-bond donors (Lipinski definition) is 2. The van der Waals surface area contributed by atoms with Crippen molar-refractivity contribution >= 4 is 23.7 Å². The van der Waals surface area contributed by atoms with Crippen LogP contribution in [0.4, 0.5) is 4.79 Å². The highest BCUT2D eigenvalue weighted by atomic mass is 32.2. The summed E-state index contributed by atoms with van der Waals surface area (Å²) >= 11 is 1.77. The van der Waals surface area contributed by atoms with Gasteiger partial charge in [-0.3, -0.25) is 10.1 Å². The molecule has 5 heteroatoms. The summed E-state index contributed by atoms with van der Waals surface area (Å²) in [5, 5.41) is 4.75. The Labute approximate surface area is 75.5 Å². The third-order valence-corrected chi connectivity index (χ3v) is 2.55. The van der Waals surface area contributed by atoms with Gasteiger partial charge >= 0.3 is 6.03 Å². The van der Waals surface area contributed by atoms with Crippen LogP contribution in [0.25, 0.3) is 0 Å². The Bertz CT molecular complexity index is 196. The summed E-state index contributed by atoms with van der Waals surface area (Å²) < 4.78 is 0. The second-order valence-electron chi connectivity index (χ2n) is 2.50. The molecule has 1 fully saturated rings. The largest absolute Gasteiger partial charge is 0.326 e. The number of rotatable bonds is 4. The number of hydrogen-bond acceptors (Lipinski definition) is 3. The first-order chi connectivity index (χ1) is 5.74. The topological polar surface area (TPSA) is 58.2 Å². The average Bonchev–Trinajstić information content (AvgIpc) is 2.31. The molecule has 1 saturated heterocycles. The maximum absolute atomic E-state index is 11.0. The van der Waals surface area contributed by atoms with E-state index in [1.165, 1.54) is 0 Å². The number of thioether (sulfide) groups is 1. The van der Waals surface area contributed by atoms with Gasteiger partial charge in [-0.25, -0.2) is 4.79 Å². The van der Waals surface area contributed by atoms with Crippen LogP contribution in [0.3, 0.4) is 0 Å². The van der Waals surface area contributed by atoms with Crippen LogP contribution in [-0.2, 0) is 4.79 Å². The lowest BCUT2D eigenvalue weighted by Crippen LogP contribution is -2.29. The van der Waals surface area contributed by atoms with Gasteiger partial charge in [0, 0.05) is 0 Å². The first-order valence-electron chi connectivity index (χ1n) is 3.93. The smallest absolute Gasteiger partial charge is 0.322 e. The molecule has 1 heterocycles. The summed E-state index contributed by atoms with van der Waals surface area (Å²) in [5.41, 5.74) is 0. The fraction of sp³-hybridized carbons (Fsp3) is 0.714. The number of nitrogens with one attached hydrogen (secondary N) is 2. The van der Waals surface area contributed by atoms with E-state index in [9.17, 15) is 9.59 Å². The molecule has 0 aliphatic carbocycles. The molecule has 12 heavy (non-hydrogen) atoms. The minimum Gasteiger partial charge on any atom is -0.326 e. The standard InChI is InChI=1S/C7H12N2O2S/c1-2-12-4-3-5-6(10)9-7(11)8-5/h5H,2-4H2,1H3,(H2,8,9,10,11). The second kappa shape index (κ2) is 4.35. The van der Waals surface area contributed by atoms with Crippen molar-refractivity contribution < 1.29 is 9.59 Å². The van der Waals surface area contributed by atoms with Crippen molar-refractivity contribution in [1.82, 2.24) is 10.6 Å². The Hall–Kier alpha value is -0.710. The number of carbonyl (C=O) groups is 2. The van der Waals surface area contributed by atoms with Crippen LogP contribution in [0.1, 0.15) is 13.3 Å². The van der Waals surface area contributed by atoms with Crippen LogP contribution in [0.5, 0.6) is 0 Å². The van der Waals surface area contributed by atoms with Crippen LogP contribution in [-0.4, -0.2) is 29.5 Å². The zero-order chi connectivity index (χ0) is 8.97. The summed E-state index contributed by atoms with van der Waals surface area (Å²) in [6.45, 7) is 2.07. The third-order valence-electron chi connectivity index (χ3n) is 1.61. The summed E-state index contributed by atoms with van der Waals surface area (Å²) in [7, 11) is 0. The molecule has 0 aromatic heterocycles. The Kier molecular flexibility index (Phi) is 3.40. The van der Waals surface area contributed by atoms with Crippen molar-refractivity contribution in [2.45, 2.75) is 19.4 Å². The summed E-state index contributed by atoms with van der Waals surface area (Å²) in [5.74, 6) is 1.76. The first-order valence-corrected chi connectivity index (χ1v) is 5.08. The fourth-order valence-electron chi connectivity index (χ4n) is 1.01. The molecule has 0 saturated carbocycles. The van der Waals surface area contributed by atoms with Crippen LogP contribution in [0, 0.1) is 0 Å². The maximum atomic E-state index is 11.0. The summed E-state index contributed by atoms with van der Waals surface area (Å²) in [4.78, 5) is 21.6. The van der Waals surface area contributed by atoms with E-state index in [2.05, 4.69) is 17.6 Å². The van der Waals surface area contributed by atoms with E-state index in [0.29, 0.717) is 0 Å². The van der Waals surface area contributed by atoms with Crippen molar-refractivity contribution in [3.63, 3.8) is 0 Å². The molecular weight excluding hydrogens is 176 g/mol. The molecular formula is C7H12N2O2S. The van der Waals surface area contributed by atoms with E-state index in [1.54, 1.807) is 11.8 Å². The lowest BCUT2D eigenvalue weighted by molar-refractivity contribution is -0.120. The normalized spacial score (nSPS) is 22.2. The number of imide groups is 1. The Morgan fingerprint density at radius 1 is 1.50 bits per heavy atom. The van der Waals surface area contributed by atoms with Gasteiger partial charge < -0.3 is 5.32 Å². The van der Waals surface area contributed by atoms with Crippen molar-refractivity contribution in [1.29, 1.82) is 0 Å². The molecule has 1 atom stereocenters. The fourth-order valence-corrected chi connectivity index (χ4v) is 1.70. The minimum absolute atomic E-state index is 0.197. The molecule has 1 aliphatic heterocycles. The quantitative estimate of drug-likeness (QED) is 0.494. The van der Waals surface area contributed by atoms with Crippen LogP contribution >= 0.6 is 11.8 Å². The average molecular weight is 188 g/mol. The predicted octanol–water partition coefficient (Wildman–Crippen LogP) is 0.338. The highest BCUT2D eigenvalue weighted by molar-refractivity contribution is 7.99. The van der Waals surface area contributed by atoms with Gasteiger partial charge in [-0.1, -0.05) is 6.92 Å². The van der Waals surface area contributed by atoms with E-state index >= 15 is 0 Å². The van der Waals surface area contributed by atoms with Gasteiger partial charge in [0.2, 0.25) is 0 Å². The van der Waals surface area contributed by atoms with Gasteiger partial charge in [0.05, 0.1) is 0 Å². The molecule has 0 radical (unpaired) electrons. The van der Waals surface area contributed by atoms with E-state index in [4.69, 9.17) is 0 Å². The molecule has 0 aromatic carbocycles. The lowest BCUT2D eigenvalue weighted by atomic mass is 10.2. The zero-order valence-electron chi connectivity index (χ0n) is 6.92. The van der Waals surface area contributed by atoms with Crippen LogP contribution in [0.2, 0.25) is 0 Å². The highest BCUT2D eigenvalue weighted by Gasteiger charge is 2.28. The second-order valence-corrected chi connectivity index (χ2v) is 3.89. The Morgan fingerprint density at radius 3 is 2.75 bits per heavy atom. The minimum atomic E-state index is -0.369. The molecule has 3 amide bonds. The van der Waals surface area contributed by atoms with Gasteiger partial charge in [0.25, 0.3) is 5.91 Å². The Balaban J connectivity index is 2.24. The number of urea groups is 1. The van der Waals surface area contributed by atoms with E-state index < -0.39 is 0 Å². The first kappa shape index (κ1) is 9.38. The van der Waals surface area contributed by atoms with Gasteiger partial charge in [-0.15, -0.1) is 0 Å². The molecule has 0 aromatic rings. The van der Waals surface area contributed by atoms with Crippen molar-refractivity contribution in [2.24, 2.45) is 0 Å². The molecule has 1 aliphatic rings. The van der Waals surface area contributed by atoms with Gasteiger partial charge in [0.15, 0.2) is 0 Å². The van der Waals surface area contributed by atoms with Crippen LogP contribution < -0.4 is 10.6 Å². The van der Waals surface area contributed by atoms with Crippen molar-refractivity contribution in [2.75, 3.05) is 11.5 Å². The number of amides is 3. The summed E-state index contributed by atoms with van der Waals surface area (Å²) in [6, 6.07) is -0.678. The number of carbonyl (C=O) groups excluding carboxylic acids is 2. The van der Waals surface area contributed by atoms with Crippen LogP contribution in [0.15, 0.2) is 0 Å². The maximum Gasteiger partial charge on any atom is 0.322 e. The highest BCUT2D eigenvalue weighted by Crippen LogP contribution is 2.06. The predicted molar refractivity (Wildman–Crippen MR) is 48.1 cm³/mol. The van der Waals surface area contributed by atoms with Crippen molar-refractivity contribution in [3.8, 4) is 0 Å².